The van der Waals surface area contributed by atoms with Crippen molar-refractivity contribution in [2.24, 2.45) is 0 Å². The summed E-state index contributed by atoms with van der Waals surface area (Å²) in [5.74, 6) is 2.82. The van der Waals surface area contributed by atoms with Crippen molar-refractivity contribution in [3.8, 4) is 5.00 Å². The molecule has 3 aromatic heterocycles. The second-order valence-corrected chi connectivity index (χ2v) is 7.53. The van der Waals surface area contributed by atoms with E-state index in [-0.39, 0.29) is 5.91 Å². The summed E-state index contributed by atoms with van der Waals surface area (Å²) < 4.78 is 7.33. The first-order valence-electron chi connectivity index (χ1n) is 7.49. The van der Waals surface area contributed by atoms with Crippen molar-refractivity contribution in [1.29, 1.82) is 0 Å². The lowest BCUT2D eigenvalue weighted by molar-refractivity contribution is 0.0947. The van der Waals surface area contributed by atoms with Crippen LogP contribution in [0.25, 0.3) is 5.00 Å². The van der Waals surface area contributed by atoms with Crippen LogP contribution in [0.5, 0.6) is 0 Å². The van der Waals surface area contributed by atoms with Gasteiger partial charge in [0, 0.05) is 23.0 Å². The summed E-state index contributed by atoms with van der Waals surface area (Å²) in [5.41, 5.74) is 2.04. The lowest BCUT2D eigenvalue weighted by Crippen LogP contribution is -2.24. The van der Waals surface area contributed by atoms with Gasteiger partial charge in [0.05, 0.1) is 18.4 Å². The number of hydrogen-bond acceptors (Lipinski definition) is 4. The Hall–Kier alpha value is -1.92. The Morgan fingerprint density at radius 1 is 1.30 bits per heavy atom. The van der Waals surface area contributed by atoms with E-state index in [2.05, 4.69) is 5.32 Å². The van der Waals surface area contributed by atoms with E-state index in [1.807, 2.05) is 53.0 Å². The standard InChI is InChI=1S/C17H16N2O2S2/c20-16(18-10-12-4-3-8-21-12)15-13-5-9-22-11-14(13)23-17(15)19-6-1-2-7-19/h1-4,6-8H,5,9-11H2,(H,18,20). The third kappa shape index (κ3) is 2.84. The summed E-state index contributed by atoms with van der Waals surface area (Å²) in [6.45, 7) is 0.413. The van der Waals surface area contributed by atoms with E-state index in [4.69, 9.17) is 4.42 Å². The summed E-state index contributed by atoms with van der Waals surface area (Å²) in [6.07, 6.45) is 6.57. The number of furan rings is 1. The number of thiophene rings is 1. The lowest BCUT2D eigenvalue weighted by atomic mass is 10.1. The van der Waals surface area contributed by atoms with E-state index in [1.165, 1.54) is 10.4 Å². The molecule has 3 aromatic rings. The van der Waals surface area contributed by atoms with E-state index in [1.54, 1.807) is 17.6 Å². The predicted molar refractivity (Wildman–Crippen MR) is 93.4 cm³/mol. The highest BCUT2D eigenvalue weighted by molar-refractivity contribution is 7.98. The van der Waals surface area contributed by atoms with Crippen molar-refractivity contribution in [3.05, 3.63) is 64.7 Å². The van der Waals surface area contributed by atoms with Crippen LogP contribution in [0.15, 0.2) is 47.3 Å². The average Bonchev–Trinajstić information content (AvgIpc) is 3.31. The van der Waals surface area contributed by atoms with Gasteiger partial charge in [-0.05, 0) is 42.0 Å². The largest absolute Gasteiger partial charge is 0.467 e. The Morgan fingerprint density at radius 3 is 2.96 bits per heavy atom. The molecule has 1 amide bonds. The van der Waals surface area contributed by atoms with Crippen LogP contribution < -0.4 is 5.32 Å². The smallest absolute Gasteiger partial charge is 0.254 e. The van der Waals surface area contributed by atoms with Crippen molar-refractivity contribution < 1.29 is 9.21 Å². The van der Waals surface area contributed by atoms with E-state index in [9.17, 15) is 4.79 Å². The van der Waals surface area contributed by atoms with E-state index in [0.29, 0.717) is 6.54 Å². The van der Waals surface area contributed by atoms with E-state index < -0.39 is 0 Å². The zero-order chi connectivity index (χ0) is 15.6. The molecule has 4 rings (SSSR count). The minimum atomic E-state index is -0.0190. The topological polar surface area (TPSA) is 47.2 Å². The molecule has 1 aliphatic rings. The van der Waals surface area contributed by atoms with Gasteiger partial charge in [-0.3, -0.25) is 4.79 Å². The van der Waals surface area contributed by atoms with Crippen LogP contribution in [0.1, 0.15) is 26.6 Å². The number of fused-ring (bicyclic) bond motifs is 1. The summed E-state index contributed by atoms with van der Waals surface area (Å²) in [4.78, 5) is 14.1. The second-order valence-electron chi connectivity index (χ2n) is 5.34. The van der Waals surface area contributed by atoms with Crippen LogP contribution in [-0.2, 0) is 18.7 Å². The molecule has 0 bridgehead atoms. The fourth-order valence-electron chi connectivity index (χ4n) is 2.77. The number of hydrogen-bond donors (Lipinski definition) is 1. The molecule has 0 aromatic carbocycles. The highest BCUT2D eigenvalue weighted by Crippen LogP contribution is 2.38. The van der Waals surface area contributed by atoms with Gasteiger partial charge >= 0.3 is 0 Å². The van der Waals surface area contributed by atoms with Gasteiger partial charge in [0.15, 0.2) is 0 Å². The minimum Gasteiger partial charge on any atom is -0.467 e. The van der Waals surface area contributed by atoms with Crippen molar-refractivity contribution in [2.75, 3.05) is 5.75 Å². The molecule has 118 valence electrons. The van der Waals surface area contributed by atoms with Gasteiger partial charge in [-0.25, -0.2) is 0 Å². The fraction of sp³-hybridized carbons (Fsp3) is 0.235. The summed E-state index contributed by atoms with van der Waals surface area (Å²) in [6, 6.07) is 7.67. The molecular weight excluding hydrogens is 328 g/mol. The van der Waals surface area contributed by atoms with Crippen molar-refractivity contribution >= 4 is 29.0 Å². The Labute approximate surface area is 142 Å². The van der Waals surface area contributed by atoms with Crippen LogP contribution >= 0.6 is 23.1 Å². The Morgan fingerprint density at radius 2 is 2.17 bits per heavy atom. The molecule has 0 fully saturated rings. The monoisotopic (exact) mass is 344 g/mol. The first-order chi connectivity index (χ1) is 11.3. The van der Waals surface area contributed by atoms with Crippen molar-refractivity contribution in [3.63, 3.8) is 0 Å². The summed E-state index contributed by atoms with van der Waals surface area (Å²) in [7, 11) is 0. The summed E-state index contributed by atoms with van der Waals surface area (Å²) >= 11 is 3.66. The average molecular weight is 344 g/mol. The zero-order valence-corrected chi connectivity index (χ0v) is 14.1. The molecule has 0 atom stereocenters. The number of amides is 1. The van der Waals surface area contributed by atoms with Crippen molar-refractivity contribution in [1.82, 2.24) is 9.88 Å². The van der Waals surface area contributed by atoms with Crippen LogP contribution in [0, 0.1) is 0 Å². The molecule has 0 aliphatic carbocycles. The maximum atomic E-state index is 12.8. The third-order valence-corrected chi connectivity index (χ3v) is 6.28. The number of nitrogens with zero attached hydrogens (tertiary/aromatic N) is 1. The number of aromatic nitrogens is 1. The predicted octanol–water partition coefficient (Wildman–Crippen LogP) is 3.85. The molecule has 4 nitrogen and oxygen atoms in total. The molecule has 0 radical (unpaired) electrons. The van der Waals surface area contributed by atoms with Gasteiger partial charge in [0.25, 0.3) is 5.91 Å². The van der Waals surface area contributed by atoms with Crippen LogP contribution in [-0.4, -0.2) is 16.2 Å². The number of carbonyl (C=O) groups excluding carboxylic acids is 1. The normalized spacial score (nSPS) is 13.7. The van der Waals surface area contributed by atoms with Crippen LogP contribution in [0.4, 0.5) is 0 Å². The maximum Gasteiger partial charge on any atom is 0.254 e. The highest BCUT2D eigenvalue weighted by Gasteiger charge is 2.26. The molecule has 0 saturated carbocycles. The number of nitrogens with one attached hydrogen (secondary N) is 1. The van der Waals surface area contributed by atoms with Gasteiger partial charge in [0.1, 0.15) is 10.8 Å². The molecule has 0 saturated heterocycles. The zero-order valence-electron chi connectivity index (χ0n) is 12.5. The van der Waals surface area contributed by atoms with Gasteiger partial charge in [-0.1, -0.05) is 0 Å². The number of thioether (sulfide) groups is 1. The lowest BCUT2D eigenvalue weighted by Gasteiger charge is -2.13. The minimum absolute atomic E-state index is 0.0190. The second kappa shape index (κ2) is 6.29. The van der Waals surface area contributed by atoms with E-state index >= 15 is 0 Å². The van der Waals surface area contributed by atoms with Gasteiger partial charge in [-0.2, -0.15) is 11.8 Å². The molecule has 0 unspecified atom stereocenters. The van der Waals surface area contributed by atoms with E-state index in [0.717, 1.165) is 34.3 Å². The number of carbonyl (C=O) groups is 1. The maximum absolute atomic E-state index is 12.8. The third-order valence-electron chi connectivity index (χ3n) is 3.87. The Bertz CT molecular complexity index is 804. The molecule has 4 heterocycles. The first-order valence-corrected chi connectivity index (χ1v) is 9.46. The SMILES string of the molecule is O=C(NCc1ccco1)c1c(-n2cccc2)sc2c1CCSC2. The van der Waals surface area contributed by atoms with Gasteiger partial charge in [0.2, 0.25) is 0 Å². The van der Waals surface area contributed by atoms with Crippen LogP contribution in [0.2, 0.25) is 0 Å². The molecule has 0 spiro atoms. The first kappa shape index (κ1) is 14.7. The highest BCUT2D eigenvalue weighted by atomic mass is 32.2. The molecule has 1 aliphatic heterocycles. The number of rotatable bonds is 4. The van der Waals surface area contributed by atoms with Crippen LogP contribution in [0.3, 0.4) is 0 Å². The molecule has 1 N–H and O–H groups in total. The molecule has 6 heteroatoms. The van der Waals surface area contributed by atoms with Gasteiger partial charge < -0.3 is 14.3 Å². The quantitative estimate of drug-likeness (QED) is 0.782. The van der Waals surface area contributed by atoms with Crippen molar-refractivity contribution in [2.45, 2.75) is 18.7 Å². The van der Waals surface area contributed by atoms with Gasteiger partial charge in [-0.15, -0.1) is 11.3 Å². The molecular formula is C17H16N2O2S2. The summed E-state index contributed by atoms with van der Waals surface area (Å²) in [5, 5.41) is 4.01. The Balaban J connectivity index is 1.68. The Kier molecular flexibility index (Phi) is 4.01. The molecule has 23 heavy (non-hydrogen) atoms. The fourth-order valence-corrected chi connectivity index (χ4v) is 5.22.